The Morgan fingerprint density at radius 3 is 2.17 bits per heavy atom. The van der Waals surface area contributed by atoms with Gasteiger partial charge in [0.15, 0.2) is 12.5 Å². The van der Waals surface area contributed by atoms with Crippen molar-refractivity contribution in [2.45, 2.75) is 62.5 Å². The summed E-state index contributed by atoms with van der Waals surface area (Å²) >= 11 is 0. The summed E-state index contributed by atoms with van der Waals surface area (Å²) in [7, 11) is -11.1. The number of Topliss-reactive ketones (excluding diaryl/α,β-unsaturated/α-hetero) is 1. The van der Waals surface area contributed by atoms with Crippen LogP contribution in [0.15, 0.2) is 21.9 Å². The maximum absolute atomic E-state index is 13.3. The number of rotatable bonds is 11. The lowest BCUT2D eigenvalue weighted by atomic mass is 9.87. The Balaban J connectivity index is 0.00000420. The van der Waals surface area contributed by atoms with Crippen molar-refractivity contribution in [3.8, 4) is 0 Å². The number of H-pyrrole nitrogens is 1. The summed E-state index contributed by atoms with van der Waals surface area (Å²) in [6.07, 6.45) is -13.4. The molecule has 1 aromatic heterocycles. The maximum atomic E-state index is 13.3. The van der Waals surface area contributed by atoms with E-state index in [9.17, 15) is 58.8 Å². The van der Waals surface area contributed by atoms with E-state index in [0.717, 1.165) is 23.8 Å². The van der Waals surface area contributed by atoms with Gasteiger partial charge >= 0.3 is 21.3 Å². The number of ether oxygens (including phenoxy) is 2. The van der Waals surface area contributed by atoms with E-state index in [-0.39, 0.29) is 12.3 Å². The van der Waals surface area contributed by atoms with E-state index in [1.807, 2.05) is 4.98 Å². The lowest BCUT2D eigenvalue weighted by Crippen LogP contribution is -2.56. The molecule has 0 amide bonds. The highest BCUT2D eigenvalue weighted by Crippen LogP contribution is 2.63. The third-order valence-corrected chi connectivity index (χ3v) is 8.41. The molecule has 1 aromatic rings. The third-order valence-electron chi connectivity index (χ3n) is 5.83. The van der Waals surface area contributed by atoms with Crippen LogP contribution in [0, 0.1) is 5.92 Å². The molecule has 21 nitrogen and oxygen atoms in total. The number of aliphatic hydroxyl groups is 5. The molecule has 1 unspecified atom stereocenters. The van der Waals surface area contributed by atoms with Crippen molar-refractivity contribution in [3.05, 3.63) is 33.1 Å². The summed E-state index contributed by atoms with van der Waals surface area (Å²) in [6, 6.07) is 0.927. The third kappa shape index (κ3) is 9.12. The molecule has 3 heterocycles. The molecule has 23 heteroatoms. The normalized spacial score (nSPS) is 33.3. The lowest BCUT2D eigenvalue weighted by molar-refractivity contribution is -0.264. The van der Waals surface area contributed by atoms with Gasteiger partial charge in [-0.1, -0.05) is 0 Å². The number of aromatic amines is 1. The molecular formula is C18H34N4O17P2. The zero-order chi connectivity index (χ0) is 29.3. The van der Waals surface area contributed by atoms with Gasteiger partial charge in [-0.2, -0.15) is 4.31 Å². The SMILES string of the molecule is CC(=O)C[C@H]1[C@@H](OP(=O)(OC[C@H]2O[C@@H](n3ccc(=O)[nH]c3=O)[C@H](O)[C@@H]2O)OP(=O)(O)O)O[C@H](CO)[C@H](O)[C@@H]1O.N.N. The van der Waals surface area contributed by atoms with E-state index in [4.69, 9.17) is 18.5 Å². The molecule has 0 saturated carbocycles. The van der Waals surface area contributed by atoms with Gasteiger partial charge in [-0.05, 0) is 6.92 Å². The molecule has 10 atom stereocenters. The topological polar surface area (TPSA) is 364 Å². The molecule has 2 aliphatic heterocycles. The molecule has 3 rings (SSSR count). The predicted molar refractivity (Wildman–Crippen MR) is 132 cm³/mol. The summed E-state index contributed by atoms with van der Waals surface area (Å²) in [4.78, 5) is 55.4. The summed E-state index contributed by atoms with van der Waals surface area (Å²) in [5.74, 6) is -2.03. The molecule has 0 aliphatic carbocycles. The number of carbonyl (C=O) groups excluding carboxylic acids is 1. The summed E-state index contributed by atoms with van der Waals surface area (Å²) < 4.78 is 50.3. The highest BCUT2D eigenvalue weighted by atomic mass is 31.3. The number of aromatic nitrogens is 2. The Hall–Kier alpha value is -1.75. The second-order valence-electron chi connectivity index (χ2n) is 8.76. The number of nitrogens with one attached hydrogen (secondary N) is 1. The fourth-order valence-electron chi connectivity index (χ4n) is 4.01. The number of aliphatic hydroxyl groups excluding tert-OH is 5. The number of phosphoric acid groups is 2. The fourth-order valence-corrected chi connectivity index (χ4v) is 6.25. The van der Waals surface area contributed by atoms with Crippen molar-refractivity contribution in [1.29, 1.82) is 0 Å². The van der Waals surface area contributed by atoms with Gasteiger partial charge < -0.3 is 61.9 Å². The average Bonchev–Trinajstić information content (AvgIpc) is 3.09. The Labute approximate surface area is 230 Å². The first-order chi connectivity index (χ1) is 18.0. The number of carbonyl (C=O) groups is 1. The van der Waals surface area contributed by atoms with Crippen LogP contribution in [0.3, 0.4) is 0 Å². The van der Waals surface area contributed by atoms with Gasteiger partial charge in [0.05, 0.1) is 19.3 Å². The van der Waals surface area contributed by atoms with Crippen molar-refractivity contribution >= 4 is 21.4 Å². The van der Waals surface area contributed by atoms with Gasteiger partial charge in [0.1, 0.15) is 36.3 Å². The number of phosphoric ester groups is 1. The molecule has 0 bridgehead atoms. The minimum atomic E-state index is -5.64. The Morgan fingerprint density at radius 2 is 1.63 bits per heavy atom. The van der Waals surface area contributed by atoms with Crippen LogP contribution < -0.4 is 23.6 Å². The van der Waals surface area contributed by atoms with Gasteiger partial charge in [0.2, 0.25) is 0 Å². The van der Waals surface area contributed by atoms with E-state index in [2.05, 4.69) is 4.31 Å². The first-order valence-electron chi connectivity index (χ1n) is 11.2. The Kier molecular flexibility index (Phi) is 13.3. The van der Waals surface area contributed by atoms with Crippen LogP contribution in [0.4, 0.5) is 0 Å². The van der Waals surface area contributed by atoms with Crippen LogP contribution >= 0.6 is 15.6 Å². The number of ketones is 1. The highest BCUT2D eigenvalue weighted by molar-refractivity contribution is 7.61. The van der Waals surface area contributed by atoms with E-state index in [1.165, 1.54) is 0 Å². The van der Waals surface area contributed by atoms with Crippen LogP contribution in [0.2, 0.25) is 0 Å². The van der Waals surface area contributed by atoms with Gasteiger partial charge in [-0.15, -0.1) is 0 Å². The van der Waals surface area contributed by atoms with Crippen molar-refractivity contribution in [2.75, 3.05) is 13.2 Å². The second-order valence-corrected chi connectivity index (χ2v) is 11.8. The van der Waals surface area contributed by atoms with E-state index in [0.29, 0.717) is 0 Å². The van der Waals surface area contributed by atoms with E-state index < -0.39 is 107 Å². The number of hydrogen-bond acceptors (Lipinski definition) is 17. The summed E-state index contributed by atoms with van der Waals surface area (Å²) in [5, 5.41) is 50.6. The predicted octanol–water partition coefficient (Wildman–Crippen LogP) is -3.24. The van der Waals surface area contributed by atoms with Gasteiger partial charge in [-0.25, -0.2) is 13.9 Å². The minimum absolute atomic E-state index is 0. The molecule has 0 aromatic carbocycles. The molecule has 41 heavy (non-hydrogen) atoms. The minimum Gasteiger partial charge on any atom is -0.394 e. The van der Waals surface area contributed by atoms with Crippen molar-refractivity contribution < 1.29 is 72.1 Å². The molecule has 14 N–H and O–H groups in total. The van der Waals surface area contributed by atoms with Gasteiger partial charge in [-0.3, -0.25) is 23.4 Å². The van der Waals surface area contributed by atoms with Crippen LogP contribution in [-0.4, -0.2) is 107 Å². The smallest absolute Gasteiger partial charge is 0.394 e. The molecule has 2 aliphatic rings. The maximum Gasteiger partial charge on any atom is 0.486 e. The van der Waals surface area contributed by atoms with E-state index >= 15 is 0 Å². The molecular weight excluding hydrogens is 606 g/mol. The summed E-state index contributed by atoms with van der Waals surface area (Å²) in [5.41, 5.74) is -1.77. The van der Waals surface area contributed by atoms with Crippen LogP contribution in [0.5, 0.6) is 0 Å². The second kappa shape index (κ2) is 14.6. The van der Waals surface area contributed by atoms with Gasteiger partial charge in [0, 0.05) is 24.6 Å². The Bertz CT molecular complexity index is 1240. The monoisotopic (exact) mass is 640 g/mol. The molecule has 2 fully saturated rings. The standard InChI is InChI=1S/C18H28N2O17P2.2H3N/c1-7(22)4-8-12(24)13(25)9(5-21)35-17(8)36-39(32,37-38(29,30)31)33-6-10-14(26)15(27)16(34-10)20-3-2-11(23)19-18(20)28;;/h2-3,8-10,12-17,21,24-27H,4-6H2,1H3,(H,19,23,28)(H2,29,30,31);2*1H3/t8-,9-,10-,12-,13+,14-,15-,16-,17-,39?;;/m1../s1. The van der Waals surface area contributed by atoms with Gasteiger partial charge in [0.25, 0.3) is 5.56 Å². The molecule has 2 saturated heterocycles. The molecule has 0 radical (unpaired) electrons. The zero-order valence-corrected chi connectivity index (χ0v) is 23.2. The van der Waals surface area contributed by atoms with Crippen LogP contribution in [0.1, 0.15) is 19.6 Å². The lowest BCUT2D eigenvalue weighted by Gasteiger charge is -2.42. The van der Waals surface area contributed by atoms with Crippen molar-refractivity contribution in [3.63, 3.8) is 0 Å². The average molecular weight is 640 g/mol. The first-order valence-corrected chi connectivity index (χ1v) is 14.2. The van der Waals surface area contributed by atoms with Crippen molar-refractivity contribution in [2.24, 2.45) is 5.92 Å². The van der Waals surface area contributed by atoms with Crippen LogP contribution in [0.25, 0.3) is 0 Å². The Morgan fingerprint density at radius 1 is 1.02 bits per heavy atom. The first kappa shape index (κ1) is 37.3. The molecule has 238 valence electrons. The summed E-state index contributed by atoms with van der Waals surface area (Å²) in [6.45, 7) is -0.825. The zero-order valence-electron chi connectivity index (χ0n) is 21.4. The fraction of sp³-hybridized carbons (Fsp3) is 0.722. The van der Waals surface area contributed by atoms with Crippen molar-refractivity contribution in [1.82, 2.24) is 21.9 Å². The largest absolute Gasteiger partial charge is 0.486 e. The molecule has 0 spiro atoms. The van der Waals surface area contributed by atoms with E-state index in [1.54, 1.807) is 0 Å². The quantitative estimate of drug-likeness (QED) is 0.106. The van der Waals surface area contributed by atoms with Crippen LogP contribution in [-0.2, 0) is 36.8 Å². The number of hydrogen-bond donors (Lipinski definition) is 10. The highest BCUT2D eigenvalue weighted by Gasteiger charge is 2.51. The number of nitrogens with zero attached hydrogens (tertiary/aromatic N) is 1.